The first-order chi connectivity index (χ1) is 17.4. The lowest BCUT2D eigenvalue weighted by Gasteiger charge is -2.14. The van der Waals surface area contributed by atoms with Crippen LogP contribution in [0.25, 0.3) is 5.57 Å². The Morgan fingerprint density at radius 3 is 2.67 bits per heavy atom. The molecule has 2 aromatic heterocycles. The number of allylic oxidation sites excluding steroid dienone is 5. The maximum Gasteiger partial charge on any atom is 0.469 e. The monoisotopic (exact) mass is 509 g/mol. The highest BCUT2D eigenvalue weighted by Gasteiger charge is 2.17. The predicted octanol–water partition coefficient (Wildman–Crippen LogP) is 3.97. The second kappa shape index (κ2) is 11.9. The van der Waals surface area contributed by atoms with Gasteiger partial charge in [-0.25, -0.2) is 14.5 Å². The van der Waals surface area contributed by atoms with E-state index in [1.54, 1.807) is 18.5 Å². The molecule has 1 atom stereocenters. The van der Waals surface area contributed by atoms with Crippen molar-refractivity contribution in [3.63, 3.8) is 0 Å². The number of benzene rings is 1. The van der Waals surface area contributed by atoms with Gasteiger partial charge >= 0.3 is 7.82 Å². The summed E-state index contributed by atoms with van der Waals surface area (Å²) in [5, 5.41) is 7.40. The summed E-state index contributed by atoms with van der Waals surface area (Å²) >= 11 is 0. The Balaban J connectivity index is 1.34. The van der Waals surface area contributed by atoms with Gasteiger partial charge in [-0.2, -0.15) is 0 Å². The fourth-order valence-corrected chi connectivity index (χ4v) is 4.05. The van der Waals surface area contributed by atoms with Crippen molar-refractivity contribution >= 4 is 19.3 Å². The molecule has 11 heteroatoms. The van der Waals surface area contributed by atoms with Crippen molar-refractivity contribution in [3.8, 4) is 0 Å². The van der Waals surface area contributed by atoms with Gasteiger partial charge in [0.1, 0.15) is 0 Å². The molecule has 0 fully saturated rings. The molecule has 0 bridgehead atoms. The van der Waals surface area contributed by atoms with Crippen LogP contribution >= 0.6 is 7.82 Å². The van der Waals surface area contributed by atoms with Crippen molar-refractivity contribution < 1.29 is 23.4 Å². The lowest BCUT2D eigenvalue weighted by Crippen LogP contribution is -2.06. The largest absolute Gasteiger partial charge is 0.469 e. The quantitative estimate of drug-likeness (QED) is 0.295. The van der Waals surface area contributed by atoms with Crippen LogP contribution in [-0.4, -0.2) is 31.5 Å². The van der Waals surface area contributed by atoms with E-state index in [0.29, 0.717) is 43.2 Å². The van der Waals surface area contributed by atoms with Crippen molar-refractivity contribution in [2.75, 3.05) is 11.9 Å². The minimum Gasteiger partial charge on any atom is -0.398 e. The minimum absolute atomic E-state index is 0.0337. The molecule has 0 saturated carbocycles. The molecule has 36 heavy (non-hydrogen) atoms. The van der Waals surface area contributed by atoms with Gasteiger partial charge in [0.15, 0.2) is 5.76 Å². The van der Waals surface area contributed by atoms with Crippen LogP contribution < -0.4 is 11.1 Å². The van der Waals surface area contributed by atoms with E-state index in [2.05, 4.69) is 49.2 Å². The van der Waals surface area contributed by atoms with Crippen molar-refractivity contribution in [1.82, 2.24) is 15.1 Å². The highest BCUT2D eigenvalue weighted by molar-refractivity contribution is 7.46. The number of nitrogens with one attached hydrogen (secondary N) is 1. The Morgan fingerprint density at radius 1 is 1.17 bits per heavy atom. The zero-order valence-corrected chi connectivity index (χ0v) is 20.4. The van der Waals surface area contributed by atoms with Crippen LogP contribution in [0, 0.1) is 5.92 Å². The molecule has 0 aliphatic heterocycles. The summed E-state index contributed by atoms with van der Waals surface area (Å²) in [4.78, 5) is 26.0. The second-order valence-corrected chi connectivity index (χ2v) is 9.57. The van der Waals surface area contributed by atoms with Gasteiger partial charge in [0.25, 0.3) is 0 Å². The Labute approximate surface area is 208 Å². The number of phosphoric ester groups is 1. The molecule has 1 unspecified atom stereocenters. The molecular formula is C25H28N5O5P. The molecule has 1 aliphatic carbocycles. The maximum atomic E-state index is 10.8. The Morgan fingerprint density at radius 2 is 1.92 bits per heavy atom. The van der Waals surface area contributed by atoms with Crippen LogP contribution in [0.4, 0.5) is 5.95 Å². The Kier molecular flexibility index (Phi) is 8.45. The highest BCUT2D eigenvalue weighted by atomic mass is 31.2. The van der Waals surface area contributed by atoms with E-state index < -0.39 is 7.82 Å². The third-order valence-electron chi connectivity index (χ3n) is 5.59. The van der Waals surface area contributed by atoms with Crippen molar-refractivity contribution in [3.05, 3.63) is 101 Å². The minimum atomic E-state index is -4.46. The topological polar surface area (TPSA) is 157 Å². The van der Waals surface area contributed by atoms with E-state index >= 15 is 0 Å². The first kappa shape index (κ1) is 25.5. The number of hydrogen-bond donors (Lipinski definition) is 4. The molecule has 10 nitrogen and oxygen atoms in total. The van der Waals surface area contributed by atoms with E-state index in [9.17, 15) is 4.57 Å². The second-order valence-electron chi connectivity index (χ2n) is 8.33. The molecule has 0 amide bonds. The first-order valence-corrected chi connectivity index (χ1v) is 13.0. The number of rotatable bonds is 10. The number of nitrogens with two attached hydrogens (primary N) is 1. The first-order valence-electron chi connectivity index (χ1n) is 11.4. The van der Waals surface area contributed by atoms with Gasteiger partial charge in [-0.3, -0.25) is 4.52 Å². The van der Waals surface area contributed by atoms with Crippen LogP contribution in [0.5, 0.6) is 0 Å². The van der Waals surface area contributed by atoms with Gasteiger partial charge < -0.3 is 25.4 Å². The number of nitrogens with zero attached hydrogens (tertiary/aromatic N) is 3. The lowest BCUT2D eigenvalue weighted by atomic mass is 9.96. The van der Waals surface area contributed by atoms with Crippen LogP contribution in [0.15, 0.2) is 83.3 Å². The lowest BCUT2D eigenvalue weighted by molar-refractivity contribution is 0.189. The molecule has 5 N–H and O–H groups in total. The molecule has 0 spiro atoms. The summed E-state index contributed by atoms with van der Waals surface area (Å²) in [7, 11) is -4.46. The molecule has 0 radical (unpaired) electrons. The smallest absolute Gasteiger partial charge is 0.398 e. The van der Waals surface area contributed by atoms with Crippen LogP contribution in [0.3, 0.4) is 0 Å². The molecule has 2 heterocycles. The van der Waals surface area contributed by atoms with Crippen molar-refractivity contribution in [2.45, 2.75) is 25.8 Å². The van der Waals surface area contributed by atoms with Gasteiger partial charge in [0.05, 0.1) is 12.3 Å². The van der Waals surface area contributed by atoms with Crippen molar-refractivity contribution in [1.29, 1.82) is 0 Å². The molecule has 1 aliphatic rings. The van der Waals surface area contributed by atoms with E-state index in [0.717, 1.165) is 22.4 Å². The average Bonchev–Trinajstić information content (AvgIpc) is 3.30. The molecule has 4 rings (SSSR count). The number of anilines is 1. The number of hydrogen-bond acceptors (Lipinski definition) is 8. The zero-order chi connectivity index (χ0) is 25.4. The standard InChI is InChI=1S/C25H28N5O5P/c26-23-10-9-18(11-14-34-36(31,32)33)3-1-4-22(23)24-16-21(30-35-24)15-19-5-7-20(8-6-19)17-29-25-27-12-2-13-28-25/h1-8,10,12-13,16,18H,9,11,14-15,17,26H2,(H,27,28,29)(H2,31,32,33)/b3-1+,22-4+,23-10-. The van der Waals surface area contributed by atoms with E-state index in [1.807, 2.05) is 30.4 Å². The third-order valence-corrected chi connectivity index (χ3v) is 6.11. The highest BCUT2D eigenvalue weighted by Crippen LogP contribution is 2.36. The molecule has 3 aromatic rings. The predicted molar refractivity (Wildman–Crippen MR) is 135 cm³/mol. The van der Waals surface area contributed by atoms with Crippen LogP contribution in [0.1, 0.15) is 35.4 Å². The Bertz CT molecular complexity index is 1280. The molecular weight excluding hydrogens is 481 g/mol. The van der Waals surface area contributed by atoms with Crippen molar-refractivity contribution in [2.24, 2.45) is 11.7 Å². The summed E-state index contributed by atoms with van der Waals surface area (Å²) in [6.45, 7) is 0.594. The molecule has 0 saturated heterocycles. The summed E-state index contributed by atoms with van der Waals surface area (Å²) < 4.78 is 21.0. The number of phosphoric acid groups is 1. The fourth-order valence-electron chi connectivity index (χ4n) is 3.71. The third kappa shape index (κ3) is 7.73. The van der Waals surface area contributed by atoms with Gasteiger partial charge in [0.2, 0.25) is 5.95 Å². The van der Waals surface area contributed by atoms with E-state index in [-0.39, 0.29) is 12.5 Å². The van der Waals surface area contributed by atoms with Crippen LogP contribution in [0.2, 0.25) is 0 Å². The van der Waals surface area contributed by atoms with Gasteiger partial charge in [-0.05, 0) is 42.0 Å². The Hall–Kier alpha value is -3.56. The zero-order valence-electron chi connectivity index (χ0n) is 19.5. The van der Waals surface area contributed by atoms with Gasteiger partial charge in [-0.15, -0.1) is 0 Å². The summed E-state index contributed by atoms with van der Waals surface area (Å²) in [5.41, 5.74) is 10.6. The van der Waals surface area contributed by atoms with Gasteiger partial charge in [-0.1, -0.05) is 47.7 Å². The van der Waals surface area contributed by atoms with Gasteiger partial charge in [0, 0.05) is 42.7 Å². The van der Waals surface area contributed by atoms with E-state index in [1.165, 1.54) is 0 Å². The summed E-state index contributed by atoms with van der Waals surface area (Å²) in [6, 6.07) is 11.9. The maximum absolute atomic E-state index is 10.8. The van der Waals surface area contributed by atoms with Crippen LogP contribution in [-0.2, 0) is 22.1 Å². The summed E-state index contributed by atoms with van der Waals surface area (Å²) in [5.74, 6) is 1.22. The average molecular weight is 510 g/mol. The molecule has 1 aromatic carbocycles. The number of aromatic nitrogens is 3. The normalized spacial score (nSPS) is 19.9. The SMILES string of the molecule is NC1=C\CC(CCOP(=O)(O)O)/C=C/C=C\1c1cc(Cc2ccc(CNc3ncccn3)cc2)no1. The van der Waals surface area contributed by atoms with E-state index in [4.69, 9.17) is 20.0 Å². The molecule has 188 valence electrons. The summed E-state index contributed by atoms with van der Waals surface area (Å²) in [6.07, 6.45) is 12.7. The fraction of sp³-hybridized carbons (Fsp3) is 0.240.